The Bertz CT molecular complexity index is 1060. The third-order valence-electron chi connectivity index (χ3n) is 4.88. The molecule has 2 heterocycles. The number of hydrogen-bond acceptors (Lipinski definition) is 5. The van der Waals surface area contributed by atoms with Gasteiger partial charge in [0.2, 0.25) is 5.91 Å². The van der Waals surface area contributed by atoms with Crippen molar-refractivity contribution >= 4 is 44.8 Å². The van der Waals surface area contributed by atoms with E-state index in [4.69, 9.17) is 9.15 Å². The van der Waals surface area contributed by atoms with Crippen molar-refractivity contribution in [3.05, 3.63) is 76.7 Å². The first kappa shape index (κ1) is 21.1. The van der Waals surface area contributed by atoms with Crippen LogP contribution < -0.4 is 15.5 Å². The molecule has 7 nitrogen and oxygen atoms in total. The van der Waals surface area contributed by atoms with Gasteiger partial charge in [-0.1, -0.05) is 18.2 Å². The first-order valence-electron chi connectivity index (χ1n) is 9.95. The van der Waals surface area contributed by atoms with Gasteiger partial charge in [-0.05, 0) is 64.0 Å². The molecular weight excluding hydrogens is 462 g/mol. The molecule has 1 aliphatic heterocycles. The van der Waals surface area contributed by atoms with Crippen LogP contribution in [0.2, 0.25) is 0 Å². The van der Waals surface area contributed by atoms with Gasteiger partial charge < -0.3 is 24.7 Å². The van der Waals surface area contributed by atoms with E-state index in [-0.39, 0.29) is 24.0 Å². The van der Waals surface area contributed by atoms with E-state index in [0.29, 0.717) is 23.6 Å². The smallest absolute Gasteiger partial charge is 0.291 e. The molecule has 4 rings (SSSR count). The highest BCUT2D eigenvalue weighted by Crippen LogP contribution is 2.21. The molecule has 0 aliphatic carbocycles. The lowest BCUT2D eigenvalue weighted by Gasteiger charge is -2.29. The maximum absolute atomic E-state index is 12.5. The number of carbonyl (C=O) groups is 2. The number of furan rings is 1. The standard InChI is InChI=1S/C23H22BrN3O4/c24-21-9-8-20(31-21)23(29)26-17-6-4-16(5-7-17)14-22(28)25-18-2-1-3-19(15-18)27-10-12-30-13-11-27/h1-9,15H,10-14H2,(H,25,28)(H,26,29). The van der Waals surface area contributed by atoms with Crippen LogP contribution in [0.5, 0.6) is 0 Å². The first-order chi connectivity index (χ1) is 15.1. The zero-order valence-electron chi connectivity index (χ0n) is 16.8. The van der Waals surface area contributed by atoms with Crippen LogP contribution in [-0.2, 0) is 16.0 Å². The minimum Gasteiger partial charge on any atom is -0.444 e. The van der Waals surface area contributed by atoms with Gasteiger partial charge in [0.15, 0.2) is 10.4 Å². The van der Waals surface area contributed by atoms with E-state index < -0.39 is 0 Å². The number of halogens is 1. The number of ether oxygens (including phenoxy) is 1. The molecule has 1 aliphatic rings. The summed E-state index contributed by atoms with van der Waals surface area (Å²) in [5.74, 6) is -0.220. The summed E-state index contributed by atoms with van der Waals surface area (Å²) in [6, 6.07) is 18.2. The molecule has 160 valence electrons. The van der Waals surface area contributed by atoms with Crippen molar-refractivity contribution in [2.75, 3.05) is 41.8 Å². The third kappa shape index (κ3) is 5.74. The van der Waals surface area contributed by atoms with Crippen molar-refractivity contribution < 1.29 is 18.7 Å². The molecule has 2 N–H and O–H groups in total. The fourth-order valence-corrected chi connectivity index (χ4v) is 3.63. The molecule has 2 amide bonds. The number of hydrogen-bond donors (Lipinski definition) is 2. The molecular formula is C23H22BrN3O4. The summed E-state index contributed by atoms with van der Waals surface area (Å²) in [5, 5.41) is 5.72. The molecule has 1 aromatic heterocycles. The predicted octanol–water partition coefficient (Wildman–Crippen LogP) is 4.31. The Morgan fingerprint density at radius 3 is 2.42 bits per heavy atom. The largest absolute Gasteiger partial charge is 0.444 e. The predicted molar refractivity (Wildman–Crippen MR) is 123 cm³/mol. The Morgan fingerprint density at radius 1 is 0.935 bits per heavy atom. The van der Waals surface area contributed by atoms with Crippen molar-refractivity contribution in [1.82, 2.24) is 0 Å². The highest BCUT2D eigenvalue weighted by Gasteiger charge is 2.13. The molecule has 0 spiro atoms. The van der Waals surface area contributed by atoms with Crippen LogP contribution in [-0.4, -0.2) is 38.1 Å². The van der Waals surface area contributed by atoms with Crippen LogP contribution in [0.1, 0.15) is 16.1 Å². The Morgan fingerprint density at radius 2 is 1.71 bits per heavy atom. The topological polar surface area (TPSA) is 83.8 Å². The maximum atomic E-state index is 12.5. The molecule has 0 bridgehead atoms. The fraction of sp³-hybridized carbons (Fsp3) is 0.217. The molecule has 0 radical (unpaired) electrons. The average Bonchev–Trinajstić information content (AvgIpc) is 3.22. The molecule has 31 heavy (non-hydrogen) atoms. The Balaban J connectivity index is 1.32. The average molecular weight is 484 g/mol. The Labute approximate surface area is 188 Å². The lowest BCUT2D eigenvalue weighted by atomic mass is 10.1. The molecule has 0 saturated carbocycles. The summed E-state index contributed by atoms with van der Waals surface area (Å²) in [4.78, 5) is 26.9. The van der Waals surface area contributed by atoms with Gasteiger partial charge in [-0.25, -0.2) is 0 Å². The van der Waals surface area contributed by atoms with E-state index in [9.17, 15) is 9.59 Å². The summed E-state index contributed by atoms with van der Waals surface area (Å²) in [7, 11) is 0. The van der Waals surface area contributed by atoms with E-state index >= 15 is 0 Å². The minimum atomic E-state index is -0.337. The van der Waals surface area contributed by atoms with Gasteiger partial charge in [0.05, 0.1) is 19.6 Å². The zero-order chi connectivity index (χ0) is 21.6. The van der Waals surface area contributed by atoms with Crippen molar-refractivity contribution in [3.63, 3.8) is 0 Å². The highest BCUT2D eigenvalue weighted by molar-refractivity contribution is 9.10. The number of nitrogens with one attached hydrogen (secondary N) is 2. The second kappa shape index (κ2) is 9.80. The number of morpholine rings is 1. The zero-order valence-corrected chi connectivity index (χ0v) is 18.4. The van der Waals surface area contributed by atoms with Gasteiger partial charge in [0.1, 0.15) is 0 Å². The van der Waals surface area contributed by atoms with Crippen molar-refractivity contribution in [3.8, 4) is 0 Å². The molecule has 0 atom stereocenters. The summed E-state index contributed by atoms with van der Waals surface area (Å²) in [6.07, 6.45) is 0.237. The molecule has 1 saturated heterocycles. The van der Waals surface area contributed by atoms with Gasteiger partial charge in [-0.15, -0.1) is 0 Å². The Kier molecular flexibility index (Phi) is 6.69. The van der Waals surface area contributed by atoms with E-state index in [1.165, 1.54) is 0 Å². The molecule has 2 aromatic carbocycles. The summed E-state index contributed by atoms with van der Waals surface area (Å²) >= 11 is 3.17. The number of anilines is 3. The first-order valence-corrected chi connectivity index (χ1v) is 10.7. The number of carbonyl (C=O) groups excluding carboxylic acids is 2. The van der Waals surface area contributed by atoms with Gasteiger partial charge >= 0.3 is 0 Å². The normalized spacial score (nSPS) is 13.6. The van der Waals surface area contributed by atoms with E-state index in [1.54, 1.807) is 24.3 Å². The van der Waals surface area contributed by atoms with Crippen molar-refractivity contribution in [2.45, 2.75) is 6.42 Å². The summed E-state index contributed by atoms with van der Waals surface area (Å²) < 4.78 is 11.1. The van der Waals surface area contributed by atoms with Gasteiger partial charge in [-0.3, -0.25) is 9.59 Å². The van der Waals surface area contributed by atoms with Gasteiger partial charge in [0, 0.05) is 30.2 Å². The molecule has 8 heteroatoms. The van der Waals surface area contributed by atoms with E-state index in [2.05, 4.69) is 31.5 Å². The lowest BCUT2D eigenvalue weighted by Crippen LogP contribution is -2.36. The summed E-state index contributed by atoms with van der Waals surface area (Å²) in [5.41, 5.74) is 3.31. The van der Waals surface area contributed by atoms with Crippen LogP contribution in [0.25, 0.3) is 0 Å². The fourth-order valence-electron chi connectivity index (χ4n) is 3.33. The molecule has 1 fully saturated rings. The van der Waals surface area contributed by atoms with Crippen molar-refractivity contribution in [2.24, 2.45) is 0 Å². The number of benzene rings is 2. The highest BCUT2D eigenvalue weighted by atomic mass is 79.9. The monoisotopic (exact) mass is 483 g/mol. The third-order valence-corrected chi connectivity index (χ3v) is 5.31. The summed E-state index contributed by atoms with van der Waals surface area (Å²) in [6.45, 7) is 3.12. The van der Waals surface area contributed by atoms with Crippen molar-refractivity contribution in [1.29, 1.82) is 0 Å². The van der Waals surface area contributed by atoms with Gasteiger partial charge in [0.25, 0.3) is 5.91 Å². The number of nitrogens with zero attached hydrogens (tertiary/aromatic N) is 1. The van der Waals surface area contributed by atoms with Crippen LogP contribution in [0, 0.1) is 0 Å². The lowest BCUT2D eigenvalue weighted by molar-refractivity contribution is -0.115. The van der Waals surface area contributed by atoms with Crippen LogP contribution in [0.4, 0.5) is 17.1 Å². The maximum Gasteiger partial charge on any atom is 0.291 e. The number of amides is 2. The second-order valence-corrected chi connectivity index (χ2v) is 7.91. The SMILES string of the molecule is O=C(Cc1ccc(NC(=O)c2ccc(Br)o2)cc1)Nc1cccc(N2CCOCC2)c1. The quantitative estimate of drug-likeness (QED) is 0.545. The van der Waals surface area contributed by atoms with E-state index in [1.807, 2.05) is 36.4 Å². The minimum absolute atomic E-state index is 0.101. The van der Waals surface area contributed by atoms with Crippen LogP contribution in [0.3, 0.4) is 0 Å². The second-order valence-electron chi connectivity index (χ2n) is 7.13. The number of rotatable bonds is 6. The van der Waals surface area contributed by atoms with E-state index in [0.717, 1.165) is 30.0 Å². The van der Waals surface area contributed by atoms with Crippen LogP contribution >= 0.6 is 15.9 Å². The van der Waals surface area contributed by atoms with Gasteiger partial charge in [-0.2, -0.15) is 0 Å². The molecule has 3 aromatic rings. The molecule has 0 unspecified atom stereocenters. The van der Waals surface area contributed by atoms with Crippen LogP contribution in [0.15, 0.2) is 69.8 Å². The Hall–Kier alpha value is -3.10.